The molecule has 0 fully saturated rings. The second-order valence-corrected chi connectivity index (χ2v) is 16.3. The molecule has 0 bridgehead atoms. The highest BCUT2D eigenvalue weighted by Gasteiger charge is 2.37. The highest BCUT2D eigenvalue weighted by molar-refractivity contribution is 5.96. The number of benzene rings is 3. The maximum Gasteiger partial charge on any atom is 0.181 e. The number of carbonyl (C=O) groups excluding carboxylic acids is 1. The van der Waals surface area contributed by atoms with Crippen LogP contribution in [-0.4, -0.2) is 25.8 Å². The van der Waals surface area contributed by atoms with Gasteiger partial charge in [0.2, 0.25) is 0 Å². The second-order valence-electron chi connectivity index (χ2n) is 16.3. The monoisotopic (exact) mass is 945 g/mol. The Labute approximate surface area is 390 Å². The molecule has 0 amide bonds. The van der Waals surface area contributed by atoms with Gasteiger partial charge in [-0.1, -0.05) is 69.9 Å². The number of ketones is 1. The van der Waals surface area contributed by atoms with Gasteiger partial charge in [-0.3, -0.25) is 19.7 Å². The largest absolute Gasteiger partial charge is 0.387 e. The molecule has 8 atom stereocenters. The van der Waals surface area contributed by atoms with E-state index in [0.29, 0.717) is 53.8 Å². The van der Waals surface area contributed by atoms with E-state index >= 15 is 0 Å². The molecule has 3 aliphatic carbocycles. The minimum absolute atomic E-state index is 0.104. The quantitative estimate of drug-likeness (QED) is 0.0540. The molecule has 352 valence electrons. The van der Waals surface area contributed by atoms with E-state index < -0.39 is 76.9 Å². The number of azide groups is 3. The lowest BCUT2D eigenvalue weighted by molar-refractivity contribution is 0.0975. The lowest BCUT2D eigenvalue weighted by Gasteiger charge is -2.23. The molecule has 0 radical (unpaired) electrons. The number of hydrogen-bond acceptors (Lipinski definition) is 9. The molecule has 0 saturated heterocycles. The van der Waals surface area contributed by atoms with Crippen LogP contribution in [-0.2, 0) is 0 Å². The summed E-state index contributed by atoms with van der Waals surface area (Å²) < 4.78 is 83.4. The highest BCUT2D eigenvalue weighted by atomic mass is 19.2. The van der Waals surface area contributed by atoms with E-state index in [1.807, 2.05) is 0 Å². The average Bonchev–Trinajstić information content (AvgIpc) is 3.66. The van der Waals surface area contributed by atoms with Gasteiger partial charge in [0.15, 0.2) is 40.7 Å². The van der Waals surface area contributed by atoms with Crippen molar-refractivity contribution in [2.75, 3.05) is 0 Å². The Morgan fingerprint density at radius 3 is 1.39 bits per heavy atom. The summed E-state index contributed by atoms with van der Waals surface area (Å²) in [7, 11) is 0. The van der Waals surface area contributed by atoms with Gasteiger partial charge in [0.25, 0.3) is 0 Å². The van der Waals surface area contributed by atoms with Gasteiger partial charge in [-0.05, 0) is 136 Å². The van der Waals surface area contributed by atoms with Crippen LogP contribution in [0.3, 0.4) is 0 Å². The van der Waals surface area contributed by atoms with Crippen LogP contribution in [0.1, 0.15) is 142 Å². The summed E-state index contributed by atoms with van der Waals surface area (Å²) in [6, 6.07) is 19.4. The first-order valence-electron chi connectivity index (χ1n) is 21.7. The number of halogens is 6. The average molecular weight is 946 g/mol. The van der Waals surface area contributed by atoms with Gasteiger partial charge in [-0.15, -0.1) is 0 Å². The van der Waals surface area contributed by atoms with Crippen LogP contribution in [0, 0.1) is 34.9 Å². The van der Waals surface area contributed by atoms with Gasteiger partial charge in [-0.25, -0.2) is 26.3 Å². The molecule has 6 aromatic rings. The molecule has 0 saturated carbocycles. The minimum atomic E-state index is -0.976. The van der Waals surface area contributed by atoms with Crippen molar-refractivity contribution in [3.05, 3.63) is 226 Å². The van der Waals surface area contributed by atoms with Crippen LogP contribution in [0.15, 0.2) is 125 Å². The topological polar surface area (TPSA) is 248 Å². The first-order valence-corrected chi connectivity index (χ1v) is 21.7. The molecule has 15 nitrogen and oxygen atoms in total. The molecule has 69 heavy (non-hydrogen) atoms. The van der Waals surface area contributed by atoms with E-state index in [1.165, 1.54) is 48.8 Å². The van der Waals surface area contributed by atoms with Crippen molar-refractivity contribution in [2.24, 2.45) is 21.1 Å². The zero-order valence-corrected chi connectivity index (χ0v) is 36.3. The molecule has 0 spiro atoms. The number of nitrogens with zero attached hydrogens (tertiary/aromatic N) is 12. The first kappa shape index (κ1) is 49.1. The van der Waals surface area contributed by atoms with Crippen molar-refractivity contribution in [3.63, 3.8) is 0 Å². The summed E-state index contributed by atoms with van der Waals surface area (Å²) in [5.74, 6) is -7.54. The van der Waals surface area contributed by atoms with Crippen LogP contribution in [0.4, 0.5) is 26.3 Å². The third-order valence-corrected chi connectivity index (χ3v) is 12.5. The highest BCUT2D eigenvalue weighted by Crippen LogP contribution is 2.47. The number of aliphatic hydroxyl groups excluding tert-OH is 1. The standard InChI is InChI=1S/C16H15F2N5.C16H14F2N4O.C16H12F2N4O/c17-12-5-1-3-9(14(12)18)10-6-7-13(19)16-11(4-2-8-21-16)15(10)22-23-20;2*17-12-5-1-3-9(14(12)18)10-6-7-13(23)16-11(4-2-8-20-16)15(10)21-22-19/h1-5,8,10,13,15H,6-7,19H2;1-5,8,10,13,15,23H,6-7H2;1-5,8,10,15H,6-7H2/t2*10-,13+,15-;10-,15-/m000/s1. The van der Waals surface area contributed by atoms with E-state index in [0.717, 1.165) is 18.2 Å². The number of carbonyl (C=O) groups is 1. The Kier molecular flexibility index (Phi) is 15.9. The predicted molar refractivity (Wildman–Crippen MR) is 240 cm³/mol. The maximum atomic E-state index is 14.2. The van der Waals surface area contributed by atoms with Crippen molar-refractivity contribution in [1.29, 1.82) is 0 Å². The minimum Gasteiger partial charge on any atom is -0.387 e. The summed E-state index contributed by atoms with van der Waals surface area (Å²) >= 11 is 0. The molecule has 3 N–H and O–H groups in total. The molecule has 3 aromatic heterocycles. The number of nitrogens with two attached hydrogens (primary N) is 1. The number of Topliss-reactive ketones (excluding diaryl/α,β-unsaturated/α-hetero) is 1. The normalized spacial score (nSPS) is 22.5. The lowest BCUT2D eigenvalue weighted by Crippen LogP contribution is -2.13. The van der Waals surface area contributed by atoms with Crippen molar-refractivity contribution in [1.82, 2.24) is 15.0 Å². The third kappa shape index (κ3) is 10.5. The Balaban J connectivity index is 0.000000153. The summed E-state index contributed by atoms with van der Waals surface area (Å²) in [4.78, 5) is 33.3. The fourth-order valence-corrected chi connectivity index (χ4v) is 9.33. The zero-order valence-electron chi connectivity index (χ0n) is 36.3. The fraction of sp³-hybridized carbons (Fsp3) is 0.292. The summed E-state index contributed by atoms with van der Waals surface area (Å²) in [6.45, 7) is 0. The van der Waals surface area contributed by atoms with E-state index in [2.05, 4.69) is 45.0 Å². The molecule has 3 heterocycles. The maximum absolute atomic E-state index is 14.2. The number of pyridine rings is 3. The van der Waals surface area contributed by atoms with Gasteiger partial charge >= 0.3 is 0 Å². The molecule has 3 aromatic carbocycles. The summed E-state index contributed by atoms with van der Waals surface area (Å²) in [5, 5.41) is 21.6. The number of fused-ring (bicyclic) bond motifs is 3. The summed E-state index contributed by atoms with van der Waals surface area (Å²) in [5.41, 5.74) is 36.3. The van der Waals surface area contributed by atoms with Gasteiger partial charge in [-0.2, -0.15) is 0 Å². The van der Waals surface area contributed by atoms with E-state index in [1.54, 1.807) is 42.6 Å². The van der Waals surface area contributed by atoms with Crippen molar-refractivity contribution >= 4 is 5.78 Å². The van der Waals surface area contributed by atoms with Crippen LogP contribution in [0.2, 0.25) is 0 Å². The van der Waals surface area contributed by atoms with Crippen molar-refractivity contribution in [3.8, 4) is 0 Å². The van der Waals surface area contributed by atoms with Gasteiger partial charge in [0.05, 0.1) is 35.6 Å². The predicted octanol–water partition coefficient (Wildman–Crippen LogP) is 13.1. The SMILES string of the molecule is [N-]=[N+]=N[C@@H]1c2cccnc2C(=O)CC[C@H]1c1cccc(F)c1F.[N-]=[N+]=N[C@@H]1c2cccnc2[C@H](N)CC[C@H]1c1cccc(F)c1F.[N-]=[N+]=N[C@@H]1c2cccnc2[C@H](O)CC[C@H]1c1cccc(F)c1F. The molecular weight excluding hydrogens is 905 g/mol. The molecule has 3 aliphatic rings. The lowest BCUT2D eigenvalue weighted by atomic mass is 9.86. The van der Waals surface area contributed by atoms with E-state index in [4.69, 9.17) is 22.3 Å². The zero-order chi connectivity index (χ0) is 49.2. The Morgan fingerprint density at radius 2 is 0.899 bits per heavy atom. The number of rotatable bonds is 6. The summed E-state index contributed by atoms with van der Waals surface area (Å²) in [6.07, 6.45) is 5.87. The van der Waals surface area contributed by atoms with Crippen LogP contribution >= 0.6 is 0 Å². The Morgan fingerprint density at radius 1 is 0.507 bits per heavy atom. The van der Waals surface area contributed by atoms with Gasteiger partial charge in [0, 0.05) is 45.8 Å². The van der Waals surface area contributed by atoms with Gasteiger partial charge < -0.3 is 10.8 Å². The molecule has 9 rings (SSSR count). The third-order valence-electron chi connectivity index (χ3n) is 12.5. The fourth-order valence-electron chi connectivity index (χ4n) is 9.33. The number of aromatic nitrogens is 3. The van der Waals surface area contributed by atoms with Crippen LogP contribution in [0.25, 0.3) is 31.3 Å². The van der Waals surface area contributed by atoms with Crippen molar-refractivity contribution in [2.45, 2.75) is 86.5 Å². The van der Waals surface area contributed by atoms with Gasteiger partial charge in [0.1, 0.15) is 5.69 Å². The Hall–Kier alpha value is -7.79. The van der Waals surface area contributed by atoms with Crippen LogP contribution in [0.5, 0.6) is 0 Å². The van der Waals surface area contributed by atoms with Crippen molar-refractivity contribution < 1.29 is 36.2 Å². The molecule has 0 aliphatic heterocycles. The van der Waals surface area contributed by atoms with E-state index in [9.17, 15) is 36.2 Å². The van der Waals surface area contributed by atoms with Crippen LogP contribution < -0.4 is 5.73 Å². The smallest absolute Gasteiger partial charge is 0.181 e. The van der Waals surface area contributed by atoms with E-state index in [-0.39, 0.29) is 47.1 Å². The Bertz CT molecular complexity index is 2870. The second kappa shape index (κ2) is 22.3. The molecule has 21 heteroatoms. The number of aliphatic hydroxyl groups is 1. The molecular formula is C48H41F6N13O2. The first-order chi connectivity index (χ1) is 33.4. The molecule has 0 unspecified atom stereocenters. The number of hydrogen-bond donors (Lipinski definition) is 2.